The molecule has 1 atom stereocenters. The molecule has 0 saturated carbocycles. The number of benzene rings is 2. The Bertz CT molecular complexity index is 1440. The Hall–Kier alpha value is -4.71. The maximum Gasteiger partial charge on any atom is 0.253 e. The lowest BCUT2D eigenvalue weighted by Crippen LogP contribution is -2.26. The van der Waals surface area contributed by atoms with Crippen molar-refractivity contribution in [3.05, 3.63) is 130 Å². The molecule has 0 bridgehead atoms. The smallest absolute Gasteiger partial charge is 0.253 e. The Kier molecular flexibility index (Phi) is 10.2. The lowest BCUT2D eigenvalue weighted by molar-refractivity contribution is -0.103. The molecule has 0 radical (unpaired) electrons. The highest BCUT2D eigenvalue weighted by Gasteiger charge is 2.18. The number of H-pyrrole nitrogens is 1. The van der Waals surface area contributed by atoms with E-state index in [1.165, 1.54) is 0 Å². The van der Waals surface area contributed by atoms with Gasteiger partial charge in [-0.2, -0.15) is 0 Å². The van der Waals surface area contributed by atoms with Crippen molar-refractivity contribution in [2.24, 2.45) is 0 Å². The molecule has 2 aromatic carbocycles. The summed E-state index contributed by atoms with van der Waals surface area (Å²) in [5.74, 6) is -0.439. The van der Waals surface area contributed by atoms with E-state index >= 15 is 0 Å². The predicted molar refractivity (Wildman–Crippen MR) is 158 cm³/mol. The van der Waals surface area contributed by atoms with E-state index in [4.69, 9.17) is 0 Å². The summed E-state index contributed by atoms with van der Waals surface area (Å²) in [5, 5.41) is 5.95. The average Bonchev–Trinajstić information content (AvgIpc) is 3.23. The van der Waals surface area contributed by atoms with Crippen LogP contribution in [0.1, 0.15) is 68.7 Å². The highest BCUT2D eigenvalue weighted by Crippen LogP contribution is 2.24. The zero-order valence-corrected chi connectivity index (χ0v) is 22.9. The van der Waals surface area contributed by atoms with Crippen LogP contribution in [0.15, 0.2) is 91.1 Å². The Morgan fingerprint density at radius 3 is 2.41 bits per heavy atom. The lowest BCUT2D eigenvalue weighted by atomic mass is 10.0. The third-order valence-corrected chi connectivity index (χ3v) is 6.40. The Balaban J connectivity index is 1.82. The van der Waals surface area contributed by atoms with E-state index in [0.29, 0.717) is 40.2 Å². The molecule has 39 heavy (non-hydrogen) atoms. The van der Waals surface area contributed by atoms with Gasteiger partial charge < -0.3 is 15.6 Å². The molecule has 0 spiro atoms. The largest absolute Gasteiger partial charge is 0.358 e. The molecule has 0 fully saturated rings. The summed E-state index contributed by atoms with van der Waals surface area (Å²) in [5.41, 5.74) is 6.00. The van der Waals surface area contributed by atoms with Crippen LogP contribution in [-0.2, 0) is 4.79 Å². The quantitative estimate of drug-likeness (QED) is 0.158. The summed E-state index contributed by atoms with van der Waals surface area (Å²) in [7, 11) is 0. The number of rotatable bonds is 11. The van der Waals surface area contributed by atoms with Gasteiger partial charge in [-0.1, -0.05) is 73.3 Å². The standard InChI is InChI=1S/C33H35N3O3/c1-6-12-25(13-7-2)20-34-33(39)31-22(3)30(35-24(31)5)19-29(21-37)27-16-11-17-28(18-27)32(38)36-23(4)26-14-9-8-10-15-26/h6-19,21,23,35H,1,20H2,2-5H3,(H,34,39)(H,36,38)/b13-7-,25-12+,29-19+. The number of carbonyl (C=O) groups excluding carboxylic acids is 3. The van der Waals surface area contributed by atoms with Gasteiger partial charge in [0.15, 0.2) is 6.29 Å². The van der Waals surface area contributed by atoms with Gasteiger partial charge in [0, 0.05) is 29.1 Å². The first kappa shape index (κ1) is 28.9. The first-order chi connectivity index (χ1) is 18.8. The van der Waals surface area contributed by atoms with Crippen molar-refractivity contribution in [2.45, 2.75) is 33.7 Å². The van der Waals surface area contributed by atoms with Crippen LogP contribution < -0.4 is 10.6 Å². The van der Waals surface area contributed by atoms with Gasteiger partial charge in [-0.05, 0) is 68.2 Å². The van der Waals surface area contributed by atoms with Crippen molar-refractivity contribution in [1.82, 2.24) is 15.6 Å². The second-order valence-corrected chi connectivity index (χ2v) is 9.23. The van der Waals surface area contributed by atoms with Gasteiger partial charge in [-0.25, -0.2) is 0 Å². The normalized spacial score (nSPS) is 12.7. The van der Waals surface area contributed by atoms with Crippen LogP contribution in [0.3, 0.4) is 0 Å². The number of aldehydes is 1. The summed E-state index contributed by atoms with van der Waals surface area (Å²) in [4.78, 5) is 41.3. The van der Waals surface area contributed by atoms with E-state index in [2.05, 4.69) is 22.2 Å². The second-order valence-electron chi connectivity index (χ2n) is 9.23. The monoisotopic (exact) mass is 521 g/mol. The van der Waals surface area contributed by atoms with Crippen molar-refractivity contribution < 1.29 is 14.4 Å². The van der Waals surface area contributed by atoms with Gasteiger partial charge in [0.2, 0.25) is 0 Å². The predicted octanol–water partition coefficient (Wildman–Crippen LogP) is 6.28. The van der Waals surface area contributed by atoms with Crippen LogP contribution in [0, 0.1) is 13.8 Å². The minimum atomic E-state index is -0.230. The number of carbonyl (C=O) groups is 3. The first-order valence-corrected chi connectivity index (χ1v) is 12.8. The van der Waals surface area contributed by atoms with E-state index in [9.17, 15) is 14.4 Å². The van der Waals surface area contributed by atoms with Crippen LogP contribution in [-0.4, -0.2) is 29.6 Å². The minimum absolute atomic E-state index is 0.168. The minimum Gasteiger partial charge on any atom is -0.358 e. The molecule has 6 heteroatoms. The molecule has 3 N–H and O–H groups in total. The molecule has 0 saturated heterocycles. The van der Waals surface area contributed by atoms with E-state index < -0.39 is 0 Å². The molecule has 6 nitrogen and oxygen atoms in total. The van der Waals surface area contributed by atoms with E-state index in [-0.39, 0.29) is 17.9 Å². The van der Waals surface area contributed by atoms with E-state index in [1.807, 2.05) is 76.3 Å². The Morgan fingerprint density at radius 1 is 1.03 bits per heavy atom. The molecule has 3 rings (SSSR count). The van der Waals surface area contributed by atoms with Gasteiger partial charge in [0.25, 0.3) is 11.8 Å². The van der Waals surface area contributed by atoms with Crippen molar-refractivity contribution in [3.8, 4) is 0 Å². The zero-order chi connectivity index (χ0) is 28.4. The fourth-order valence-corrected chi connectivity index (χ4v) is 4.35. The highest BCUT2D eigenvalue weighted by atomic mass is 16.2. The van der Waals surface area contributed by atoms with Crippen LogP contribution in [0.2, 0.25) is 0 Å². The van der Waals surface area contributed by atoms with Crippen molar-refractivity contribution in [1.29, 1.82) is 0 Å². The number of amides is 2. The van der Waals surface area contributed by atoms with Gasteiger partial charge in [-0.15, -0.1) is 0 Å². The topological polar surface area (TPSA) is 91.1 Å². The molecule has 3 aromatic rings. The number of nitrogens with one attached hydrogen (secondary N) is 3. The lowest BCUT2D eigenvalue weighted by Gasteiger charge is -2.14. The second kappa shape index (κ2) is 13.7. The summed E-state index contributed by atoms with van der Waals surface area (Å²) in [6.45, 7) is 11.6. The third kappa shape index (κ3) is 7.42. The summed E-state index contributed by atoms with van der Waals surface area (Å²) in [6.07, 6.45) is 9.81. The van der Waals surface area contributed by atoms with Crippen LogP contribution in [0.4, 0.5) is 0 Å². The third-order valence-electron chi connectivity index (χ3n) is 6.40. The van der Waals surface area contributed by atoms with Crippen LogP contribution >= 0.6 is 0 Å². The number of allylic oxidation sites excluding steroid dienone is 4. The van der Waals surface area contributed by atoms with Gasteiger partial charge in [0.05, 0.1) is 11.6 Å². The zero-order valence-electron chi connectivity index (χ0n) is 22.9. The number of hydrogen-bond acceptors (Lipinski definition) is 3. The maximum absolute atomic E-state index is 13.0. The molecular weight excluding hydrogens is 486 g/mol. The fourth-order valence-electron chi connectivity index (χ4n) is 4.35. The molecule has 0 aliphatic rings. The fraction of sp³-hybridized carbons (Fsp3) is 0.182. The molecule has 0 aliphatic heterocycles. The van der Waals surface area contributed by atoms with Gasteiger partial charge in [0.1, 0.15) is 0 Å². The Labute approximate surface area is 230 Å². The molecule has 1 aromatic heterocycles. The summed E-state index contributed by atoms with van der Waals surface area (Å²) in [6, 6.07) is 16.5. The van der Waals surface area contributed by atoms with Crippen molar-refractivity contribution in [3.63, 3.8) is 0 Å². The summed E-state index contributed by atoms with van der Waals surface area (Å²) >= 11 is 0. The molecular formula is C33H35N3O3. The average molecular weight is 522 g/mol. The number of hydrogen-bond donors (Lipinski definition) is 3. The van der Waals surface area contributed by atoms with E-state index in [0.717, 1.165) is 23.0 Å². The summed E-state index contributed by atoms with van der Waals surface area (Å²) < 4.78 is 0. The van der Waals surface area contributed by atoms with Crippen molar-refractivity contribution in [2.75, 3.05) is 6.54 Å². The van der Waals surface area contributed by atoms with E-state index in [1.54, 1.807) is 36.4 Å². The number of aromatic amines is 1. The molecule has 200 valence electrons. The molecule has 2 amide bonds. The number of aryl methyl sites for hydroxylation is 1. The Morgan fingerprint density at radius 2 is 1.74 bits per heavy atom. The maximum atomic E-state index is 13.0. The molecule has 1 heterocycles. The first-order valence-electron chi connectivity index (χ1n) is 12.8. The highest BCUT2D eigenvalue weighted by molar-refractivity contribution is 6.14. The van der Waals surface area contributed by atoms with Crippen molar-refractivity contribution >= 4 is 29.7 Å². The van der Waals surface area contributed by atoms with Crippen LogP contribution in [0.5, 0.6) is 0 Å². The van der Waals surface area contributed by atoms with Gasteiger partial charge in [-0.3, -0.25) is 14.4 Å². The molecule has 0 aliphatic carbocycles. The SMILES string of the molecule is C=C/C=C(\C=C/C)CNC(=O)c1c(C)[nH]c(/C=C(\C=O)c2cccc(C(=O)NC(C)c3ccccc3)c2)c1C. The van der Waals surface area contributed by atoms with Crippen LogP contribution in [0.25, 0.3) is 11.6 Å². The number of aromatic nitrogens is 1. The van der Waals surface area contributed by atoms with Gasteiger partial charge >= 0.3 is 0 Å². The molecule has 1 unspecified atom stereocenters.